The number of esters is 1. The molecule has 6 nitrogen and oxygen atoms in total. The minimum absolute atomic E-state index is 0.288. The van der Waals surface area contributed by atoms with Crippen molar-refractivity contribution in [3.8, 4) is 11.5 Å². The van der Waals surface area contributed by atoms with Crippen molar-refractivity contribution >= 4 is 16.9 Å². The number of nitrogens with one attached hydrogen (secondary N) is 1. The molecule has 154 valence electrons. The van der Waals surface area contributed by atoms with Crippen LogP contribution in [0.25, 0.3) is 11.0 Å². The molecule has 1 atom stereocenters. The van der Waals surface area contributed by atoms with E-state index >= 15 is 0 Å². The summed E-state index contributed by atoms with van der Waals surface area (Å²) in [6, 6.07) is 11.7. The largest absolute Gasteiger partial charge is 0.493 e. The number of benzene rings is 2. The molecule has 3 aromatic rings. The average molecular weight is 398 g/mol. The Morgan fingerprint density at radius 3 is 2.45 bits per heavy atom. The maximum Gasteiger partial charge on any atom is 0.374 e. The van der Waals surface area contributed by atoms with E-state index in [-0.39, 0.29) is 5.76 Å². The summed E-state index contributed by atoms with van der Waals surface area (Å²) in [6.07, 6.45) is 0. The molecule has 2 aromatic carbocycles. The second kappa shape index (κ2) is 9.01. The summed E-state index contributed by atoms with van der Waals surface area (Å²) in [5.41, 5.74) is 3.85. The summed E-state index contributed by atoms with van der Waals surface area (Å²) >= 11 is 0. The number of ether oxygens (including phenoxy) is 3. The molecule has 0 spiro atoms. The van der Waals surface area contributed by atoms with E-state index in [1.807, 2.05) is 36.4 Å². The van der Waals surface area contributed by atoms with Crippen LogP contribution in [0.5, 0.6) is 11.5 Å². The topological polar surface area (TPSA) is 62.3 Å². The normalized spacial score (nSPS) is 12.0. The van der Waals surface area contributed by atoms with Crippen molar-refractivity contribution in [1.29, 1.82) is 0 Å². The number of methoxy groups -OCH3 is 2. The molecule has 0 bridgehead atoms. The molecule has 6 heteroatoms. The van der Waals surface area contributed by atoms with Crippen molar-refractivity contribution in [3.63, 3.8) is 0 Å². The number of fused-ring (bicyclic) bond motifs is 1. The second-order valence-corrected chi connectivity index (χ2v) is 7.07. The van der Waals surface area contributed by atoms with E-state index in [4.69, 9.17) is 18.6 Å². The molecule has 1 unspecified atom stereocenters. The molecule has 0 aliphatic carbocycles. The van der Waals surface area contributed by atoms with Crippen LogP contribution in [0.2, 0.25) is 0 Å². The van der Waals surface area contributed by atoms with Gasteiger partial charge < -0.3 is 23.5 Å². The van der Waals surface area contributed by atoms with Gasteiger partial charge in [-0.05, 0) is 37.6 Å². The van der Waals surface area contributed by atoms with Crippen molar-refractivity contribution in [2.45, 2.75) is 26.9 Å². The quantitative estimate of drug-likeness (QED) is 0.591. The Kier molecular flexibility index (Phi) is 6.44. The van der Waals surface area contributed by atoms with Gasteiger partial charge in [-0.25, -0.2) is 4.79 Å². The summed E-state index contributed by atoms with van der Waals surface area (Å²) in [6.45, 7) is 5.54. The van der Waals surface area contributed by atoms with Gasteiger partial charge in [0, 0.05) is 10.9 Å². The molecule has 0 aliphatic rings. The lowest BCUT2D eigenvalue weighted by Crippen LogP contribution is -3.06. The minimum Gasteiger partial charge on any atom is -0.493 e. The lowest BCUT2D eigenvalue weighted by atomic mass is 10.1. The van der Waals surface area contributed by atoms with Gasteiger partial charge in [-0.3, -0.25) is 0 Å². The van der Waals surface area contributed by atoms with Gasteiger partial charge in [-0.1, -0.05) is 18.2 Å². The van der Waals surface area contributed by atoms with Gasteiger partial charge in [0.05, 0.1) is 33.4 Å². The summed E-state index contributed by atoms with van der Waals surface area (Å²) in [5.74, 6) is 1.30. The SMILES string of the molecule is CCOC(=O)c1oc2ccccc2c1C[NH+](C)Cc1cc(OC)c(OC)cc1C. The van der Waals surface area contributed by atoms with E-state index in [1.165, 1.54) is 4.90 Å². The number of hydrogen-bond donors (Lipinski definition) is 1. The molecule has 1 aromatic heterocycles. The van der Waals surface area contributed by atoms with Crippen LogP contribution < -0.4 is 14.4 Å². The lowest BCUT2D eigenvalue weighted by Gasteiger charge is -2.17. The third kappa shape index (κ3) is 4.38. The Morgan fingerprint density at radius 1 is 1.07 bits per heavy atom. The van der Waals surface area contributed by atoms with Crippen molar-refractivity contribution in [1.82, 2.24) is 0 Å². The maximum absolute atomic E-state index is 12.4. The Bertz CT molecular complexity index is 1010. The smallest absolute Gasteiger partial charge is 0.374 e. The van der Waals surface area contributed by atoms with Crippen LogP contribution in [0.15, 0.2) is 40.8 Å². The standard InChI is InChI=1S/C23H27NO5/c1-6-28-23(25)22-18(17-9-7-8-10-19(17)29-22)14-24(3)13-16-12-21(27-5)20(26-4)11-15(16)2/h7-12H,6,13-14H2,1-5H3/p+1. The van der Waals surface area contributed by atoms with Crippen molar-refractivity contribution in [3.05, 3.63) is 58.8 Å². The molecular formula is C23H28NO5+. The Labute approximate surface area is 171 Å². The molecule has 0 amide bonds. The number of carbonyl (C=O) groups excluding carboxylic acids is 1. The fourth-order valence-corrected chi connectivity index (χ4v) is 3.54. The highest BCUT2D eigenvalue weighted by molar-refractivity contribution is 5.96. The summed E-state index contributed by atoms with van der Waals surface area (Å²) < 4.78 is 21.9. The highest BCUT2D eigenvalue weighted by Crippen LogP contribution is 2.30. The van der Waals surface area contributed by atoms with E-state index in [0.717, 1.165) is 34.4 Å². The van der Waals surface area contributed by atoms with Gasteiger partial charge in [0.25, 0.3) is 0 Å². The number of hydrogen-bond acceptors (Lipinski definition) is 5. The van der Waals surface area contributed by atoms with Gasteiger partial charge in [0.15, 0.2) is 11.5 Å². The average Bonchev–Trinajstić information content (AvgIpc) is 3.08. The monoisotopic (exact) mass is 398 g/mol. The molecule has 0 saturated carbocycles. The Hall–Kier alpha value is -2.99. The molecule has 0 aliphatic heterocycles. The zero-order chi connectivity index (χ0) is 21.0. The number of aryl methyl sites for hydroxylation is 1. The molecule has 0 fully saturated rings. The first-order valence-corrected chi connectivity index (χ1v) is 9.68. The summed E-state index contributed by atoms with van der Waals surface area (Å²) in [5, 5.41) is 0.943. The molecule has 0 saturated heterocycles. The van der Waals surface area contributed by atoms with Gasteiger partial charge in [-0.2, -0.15) is 0 Å². The first kappa shape index (κ1) is 20.7. The fraction of sp³-hybridized carbons (Fsp3) is 0.348. The molecular weight excluding hydrogens is 370 g/mol. The zero-order valence-corrected chi connectivity index (χ0v) is 17.6. The predicted octanol–water partition coefficient (Wildman–Crippen LogP) is 3.15. The Balaban J connectivity index is 1.89. The van der Waals surface area contributed by atoms with E-state index in [1.54, 1.807) is 21.1 Å². The molecule has 29 heavy (non-hydrogen) atoms. The number of rotatable bonds is 8. The fourth-order valence-electron chi connectivity index (χ4n) is 3.54. The van der Waals surface area contributed by atoms with Crippen LogP contribution in [0.1, 0.15) is 34.2 Å². The second-order valence-electron chi connectivity index (χ2n) is 7.07. The van der Waals surface area contributed by atoms with Crippen LogP contribution in [0.3, 0.4) is 0 Å². The first-order chi connectivity index (χ1) is 14.0. The number of furan rings is 1. The summed E-state index contributed by atoms with van der Waals surface area (Å²) in [4.78, 5) is 13.6. The third-order valence-corrected chi connectivity index (χ3v) is 4.97. The van der Waals surface area contributed by atoms with E-state index in [9.17, 15) is 4.79 Å². The maximum atomic E-state index is 12.4. The van der Waals surface area contributed by atoms with Gasteiger partial charge in [-0.15, -0.1) is 0 Å². The van der Waals surface area contributed by atoms with E-state index in [2.05, 4.69) is 14.0 Å². The van der Waals surface area contributed by atoms with Gasteiger partial charge in [0.2, 0.25) is 5.76 Å². The minimum atomic E-state index is -0.422. The highest BCUT2D eigenvalue weighted by Gasteiger charge is 2.24. The van der Waals surface area contributed by atoms with Gasteiger partial charge in [0.1, 0.15) is 18.7 Å². The molecule has 1 heterocycles. The van der Waals surface area contributed by atoms with E-state index < -0.39 is 5.97 Å². The predicted molar refractivity (Wildman–Crippen MR) is 111 cm³/mol. The van der Waals surface area contributed by atoms with Crippen LogP contribution in [-0.4, -0.2) is 33.8 Å². The van der Waals surface area contributed by atoms with E-state index in [0.29, 0.717) is 24.5 Å². The highest BCUT2D eigenvalue weighted by atomic mass is 16.5. The number of carbonyl (C=O) groups is 1. The summed E-state index contributed by atoms with van der Waals surface area (Å²) in [7, 11) is 5.36. The number of quaternary nitrogens is 1. The van der Waals surface area contributed by atoms with Crippen LogP contribution in [-0.2, 0) is 17.8 Å². The molecule has 3 rings (SSSR count). The van der Waals surface area contributed by atoms with Crippen LogP contribution >= 0.6 is 0 Å². The van der Waals surface area contributed by atoms with Crippen molar-refractivity contribution in [2.24, 2.45) is 0 Å². The first-order valence-electron chi connectivity index (χ1n) is 9.68. The Morgan fingerprint density at radius 2 is 1.76 bits per heavy atom. The third-order valence-electron chi connectivity index (χ3n) is 4.97. The van der Waals surface area contributed by atoms with Crippen molar-refractivity contribution in [2.75, 3.05) is 27.9 Å². The number of para-hydroxylation sites is 1. The lowest BCUT2D eigenvalue weighted by molar-refractivity contribution is -0.907. The molecule has 1 N–H and O–H groups in total. The molecule has 0 radical (unpaired) electrons. The van der Waals surface area contributed by atoms with Crippen LogP contribution in [0, 0.1) is 6.92 Å². The zero-order valence-electron chi connectivity index (χ0n) is 17.6. The van der Waals surface area contributed by atoms with Crippen molar-refractivity contribution < 1.29 is 28.3 Å². The van der Waals surface area contributed by atoms with Crippen LogP contribution in [0.4, 0.5) is 0 Å². The van der Waals surface area contributed by atoms with Gasteiger partial charge >= 0.3 is 5.97 Å².